The average Bonchev–Trinajstić information content (AvgIpc) is 3.75. The Balaban J connectivity index is 3.29. The molecule has 0 aromatic carbocycles. The van der Waals surface area contributed by atoms with Crippen LogP contribution in [0.15, 0.2) is 0 Å². The molecule has 1 aliphatic heterocycles. The molecule has 394 valence electrons. The molecule has 1 saturated heterocycles. The molecular weight excluding hydrogens is 907 g/mol. The topological polar surface area (TPSA) is 417 Å². The quantitative estimate of drug-likeness (QED) is 0.0292. The van der Waals surface area contributed by atoms with E-state index in [4.69, 9.17) is 17.2 Å². The number of carbonyl (C=O) groups is 10. The van der Waals surface area contributed by atoms with Crippen LogP contribution in [-0.4, -0.2) is 171 Å². The fraction of sp³-hybridized carbons (Fsp3) is 0.773. The molecule has 0 aromatic heterocycles. The molecule has 1 aliphatic rings. The minimum Gasteiger partial charge on any atom is -0.480 e. The minimum absolute atomic E-state index is 0.0105. The molecule has 0 spiro atoms. The van der Waals surface area contributed by atoms with E-state index in [0.29, 0.717) is 25.8 Å². The van der Waals surface area contributed by atoms with E-state index >= 15 is 0 Å². The zero-order chi connectivity index (χ0) is 52.9. The van der Waals surface area contributed by atoms with Crippen molar-refractivity contribution in [2.45, 2.75) is 180 Å². The van der Waals surface area contributed by atoms with Crippen LogP contribution in [0.2, 0.25) is 0 Å². The van der Waals surface area contributed by atoms with Crippen molar-refractivity contribution >= 4 is 59.1 Å². The zero-order valence-electron chi connectivity index (χ0n) is 41.1. The summed E-state index contributed by atoms with van der Waals surface area (Å²) in [6.45, 7) is 12.1. The molecule has 25 nitrogen and oxygen atoms in total. The van der Waals surface area contributed by atoms with Crippen LogP contribution in [0.1, 0.15) is 113 Å². The number of unbranched alkanes of at least 4 members (excludes halogenated alkanes) is 1. The number of hydrogen-bond donors (Lipinski definition) is 14. The van der Waals surface area contributed by atoms with Gasteiger partial charge in [-0.05, 0) is 83.1 Å². The van der Waals surface area contributed by atoms with E-state index in [1.165, 1.54) is 13.8 Å². The summed E-state index contributed by atoms with van der Waals surface area (Å²) < 4.78 is 0. The van der Waals surface area contributed by atoms with Gasteiger partial charge < -0.3 is 79.7 Å². The summed E-state index contributed by atoms with van der Waals surface area (Å²) in [5.41, 5.74) is 16.7. The maximum Gasteiger partial charge on any atom is 0.326 e. The average molecular weight is 986 g/mol. The molecule has 1 fully saturated rings. The maximum atomic E-state index is 14.1. The van der Waals surface area contributed by atoms with Gasteiger partial charge in [-0.3, -0.25) is 43.2 Å². The number of carboxylic acids is 1. The molecule has 0 saturated carbocycles. The second kappa shape index (κ2) is 30.2. The number of aliphatic carboxylic acids is 1. The van der Waals surface area contributed by atoms with Crippen molar-refractivity contribution in [1.82, 2.24) is 42.1 Å². The Labute approximate surface area is 403 Å². The third-order valence-corrected chi connectivity index (χ3v) is 11.3. The number of likely N-dealkylation sites (tertiary alicyclic amines) is 1. The maximum absolute atomic E-state index is 14.1. The highest BCUT2D eigenvalue weighted by atomic mass is 16.4. The van der Waals surface area contributed by atoms with Crippen LogP contribution in [0.25, 0.3) is 0 Å². The summed E-state index contributed by atoms with van der Waals surface area (Å²) in [6.07, 6.45) is -1.98. The molecule has 1 rings (SSSR count). The highest BCUT2D eigenvalue weighted by Gasteiger charge is 2.42. The predicted molar refractivity (Wildman–Crippen MR) is 249 cm³/mol. The van der Waals surface area contributed by atoms with Gasteiger partial charge in [-0.25, -0.2) is 4.79 Å². The van der Waals surface area contributed by atoms with Gasteiger partial charge in [-0.2, -0.15) is 0 Å². The van der Waals surface area contributed by atoms with Crippen molar-refractivity contribution in [2.24, 2.45) is 35.0 Å². The Kier molecular flexibility index (Phi) is 26.9. The minimum atomic E-state index is -1.71. The first-order valence-corrected chi connectivity index (χ1v) is 23.5. The number of nitrogens with one attached hydrogen (secondary N) is 7. The number of hydrogen-bond acceptors (Lipinski definition) is 15. The third kappa shape index (κ3) is 20.9. The second-order valence-electron chi connectivity index (χ2n) is 18.8. The van der Waals surface area contributed by atoms with E-state index in [1.54, 1.807) is 41.5 Å². The standard InChI is InChI=1S/C44H79N11O14/c1-21(2)18-28(38(62)52-33(23(5)6)41(65)53-34(24(7)57)42(66)50-29(44(68)69)19-22(3)4)49-40(64)31-13-11-17-55(31)43(67)35(25(8)58)54-37(61)27(14-15-32(47)59)48-39(63)30(20-56)51-36(60)26(46)12-9-10-16-45/h21-31,33-35,56-58H,9-20,45-46H2,1-8H3,(H2,47,59)(H,48,63)(H,49,64)(H,50,66)(H,51,60)(H,52,62)(H,53,65)(H,54,61)(H,68,69). The zero-order valence-corrected chi connectivity index (χ0v) is 41.1. The SMILES string of the molecule is CC(C)CC(NC(=O)C(NC(=O)C(NC(=O)C(CC(C)C)NC(=O)C1CCCN1C(=O)C(NC(=O)C(CCC(N)=O)NC(=O)C(CO)NC(=O)C(N)CCCCN)C(C)O)C(C)C)C(C)O)C(=O)O. The molecule has 17 N–H and O–H groups in total. The predicted octanol–water partition coefficient (Wildman–Crippen LogP) is -4.32. The first kappa shape index (κ1) is 61.5. The van der Waals surface area contributed by atoms with Crippen molar-refractivity contribution in [3.05, 3.63) is 0 Å². The molecule has 0 bridgehead atoms. The van der Waals surface area contributed by atoms with Crippen molar-refractivity contribution in [3.63, 3.8) is 0 Å². The van der Waals surface area contributed by atoms with Gasteiger partial charge in [0.25, 0.3) is 0 Å². The van der Waals surface area contributed by atoms with Gasteiger partial charge in [0.05, 0.1) is 24.9 Å². The molecule has 11 atom stereocenters. The van der Waals surface area contributed by atoms with Gasteiger partial charge >= 0.3 is 5.97 Å². The lowest BCUT2D eigenvalue weighted by atomic mass is 9.98. The number of aliphatic hydroxyl groups excluding tert-OH is 3. The van der Waals surface area contributed by atoms with E-state index in [9.17, 15) is 68.4 Å². The van der Waals surface area contributed by atoms with Gasteiger partial charge in [-0.1, -0.05) is 48.0 Å². The lowest BCUT2D eigenvalue weighted by molar-refractivity contribution is -0.145. The molecule has 25 heteroatoms. The molecule has 9 amide bonds. The second-order valence-corrected chi connectivity index (χ2v) is 18.8. The van der Waals surface area contributed by atoms with E-state index in [2.05, 4.69) is 37.2 Å². The molecule has 69 heavy (non-hydrogen) atoms. The molecule has 0 aliphatic carbocycles. The van der Waals surface area contributed by atoms with Gasteiger partial charge in [0.1, 0.15) is 48.3 Å². The first-order valence-electron chi connectivity index (χ1n) is 23.5. The summed E-state index contributed by atoms with van der Waals surface area (Å²) in [5, 5.41) is 57.8. The summed E-state index contributed by atoms with van der Waals surface area (Å²) in [4.78, 5) is 133. The summed E-state index contributed by atoms with van der Waals surface area (Å²) in [7, 11) is 0. The van der Waals surface area contributed by atoms with E-state index in [-0.39, 0.29) is 44.1 Å². The van der Waals surface area contributed by atoms with Crippen LogP contribution >= 0.6 is 0 Å². The molecular formula is C44H79N11O14. The first-order chi connectivity index (χ1) is 32.2. The van der Waals surface area contributed by atoms with E-state index in [1.807, 2.05) is 0 Å². The Morgan fingerprint density at radius 3 is 1.61 bits per heavy atom. The van der Waals surface area contributed by atoms with Crippen LogP contribution in [0.5, 0.6) is 0 Å². The van der Waals surface area contributed by atoms with Gasteiger partial charge in [-0.15, -0.1) is 0 Å². The lowest BCUT2D eigenvalue weighted by Crippen LogP contribution is -2.62. The molecule has 0 radical (unpaired) electrons. The molecule has 1 heterocycles. The number of nitrogens with two attached hydrogens (primary N) is 3. The number of amides is 9. The highest BCUT2D eigenvalue weighted by molar-refractivity contribution is 5.98. The number of carbonyl (C=O) groups excluding carboxylic acids is 9. The number of carboxylic acid groups (broad SMARTS) is 1. The number of rotatable bonds is 31. The van der Waals surface area contributed by atoms with Gasteiger partial charge in [0.15, 0.2) is 0 Å². The van der Waals surface area contributed by atoms with E-state index < -0.39 is 151 Å². The Morgan fingerprint density at radius 1 is 0.609 bits per heavy atom. The fourth-order valence-electron chi connectivity index (χ4n) is 7.43. The van der Waals surface area contributed by atoms with Crippen LogP contribution < -0.4 is 54.4 Å². The smallest absolute Gasteiger partial charge is 0.326 e. The van der Waals surface area contributed by atoms with Crippen LogP contribution in [0.4, 0.5) is 0 Å². The third-order valence-electron chi connectivity index (χ3n) is 11.3. The monoisotopic (exact) mass is 986 g/mol. The van der Waals surface area contributed by atoms with Crippen molar-refractivity contribution < 1.29 is 68.4 Å². The largest absolute Gasteiger partial charge is 0.480 e. The Hall–Kier alpha value is -5.50. The summed E-state index contributed by atoms with van der Waals surface area (Å²) in [5.74, 6) is -10.2. The van der Waals surface area contributed by atoms with Gasteiger partial charge in [0, 0.05) is 13.0 Å². The Bertz CT molecular complexity index is 1760. The summed E-state index contributed by atoms with van der Waals surface area (Å²) in [6, 6.07) is -12.6. The van der Waals surface area contributed by atoms with Crippen molar-refractivity contribution in [3.8, 4) is 0 Å². The fourth-order valence-corrected chi connectivity index (χ4v) is 7.43. The molecule has 0 aromatic rings. The Morgan fingerprint density at radius 2 is 1.10 bits per heavy atom. The highest BCUT2D eigenvalue weighted by Crippen LogP contribution is 2.21. The molecule has 11 unspecified atom stereocenters. The van der Waals surface area contributed by atoms with Crippen molar-refractivity contribution in [1.29, 1.82) is 0 Å². The van der Waals surface area contributed by atoms with Crippen LogP contribution in [0.3, 0.4) is 0 Å². The normalized spacial score (nSPS) is 18.0. The summed E-state index contributed by atoms with van der Waals surface area (Å²) >= 11 is 0. The van der Waals surface area contributed by atoms with Crippen molar-refractivity contribution in [2.75, 3.05) is 19.7 Å². The number of aliphatic hydroxyl groups is 3. The van der Waals surface area contributed by atoms with E-state index in [0.717, 1.165) is 4.90 Å². The number of primary amides is 1. The lowest BCUT2D eigenvalue weighted by Gasteiger charge is -2.32. The van der Waals surface area contributed by atoms with Gasteiger partial charge in [0.2, 0.25) is 53.2 Å². The van der Waals surface area contributed by atoms with Crippen LogP contribution in [-0.2, 0) is 47.9 Å². The number of nitrogens with zero attached hydrogens (tertiary/aromatic N) is 1. The van der Waals surface area contributed by atoms with Crippen LogP contribution in [0, 0.1) is 17.8 Å².